The van der Waals surface area contributed by atoms with Crippen LogP contribution < -0.4 is 10.6 Å². The van der Waals surface area contributed by atoms with Crippen LogP contribution in [0.4, 0.5) is 0 Å². The Hall–Kier alpha value is -1.60. The van der Waals surface area contributed by atoms with E-state index in [1.54, 1.807) is 0 Å². The smallest absolute Gasteiger partial charge is 0.191 e. The molecule has 2 rings (SSSR count). The molecule has 0 aromatic carbocycles. The predicted octanol–water partition coefficient (Wildman–Crippen LogP) is 1.97. The number of hydrogen-bond donors (Lipinski definition) is 2. The Balaban J connectivity index is 2.01. The number of nitrogens with one attached hydrogen (secondary N) is 2. The molecule has 2 N–H and O–H groups in total. The van der Waals surface area contributed by atoms with Gasteiger partial charge in [-0.3, -0.25) is 4.90 Å². The van der Waals surface area contributed by atoms with Crippen LogP contribution in [0.15, 0.2) is 9.52 Å². The standard InChI is InChI=1S/C19H35N5O2/c1-6-16-15(17(7-2)26-23-16)13-21-18(20-8-3)22-14-19(4,5)24-9-11-25-12-10-24/h6-14H2,1-5H3,(H2,20,21,22). The molecular weight excluding hydrogens is 330 g/mol. The van der Waals surface area contributed by atoms with Gasteiger partial charge in [0.25, 0.3) is 0 Å². The maximum absolute atomic E-state index is 5.47. The molecule has 0 atom stereocenters. The van der Waals surface area contributed by atoms with Gasteiger partial charge in [-0.1, -0.05) is 19.0 Å². The van der Waals surface area contributed by atoms with Gasteiger partial charge in [-0.05, 0) is 27.2 Å². The average Bonchev–Trinajstić information content (AvgIpc) is 3.06. The number of guanidine groups is 1. The quantitative estimate of drug-likeness (QED) is 0.542. The minimum absolute atomic E-state index is 0.0420. The molecule has 0 saturated carbocycles. The van der Waals surface area contributed by atoms with Gasteiger partial charge in [0.2, 0.25) is 0 Å². The second kappa shape index (κ2) is 9.92. The molecule has 1 aliphatic rings. The van der Waals surface area contributed by atoms with E-state index in [2.05, 4.69) is 55.3 Å². The molecule has 1 aromatic rings. The van der Waals surface area contributed by atoms with E-state index >= 15 is 0 Å². The zero-order chi connectivity index (χ0) is 19.0. The van der Waals surface area contributed by atoms with Gasteiger partial charge in [0.05, 0.1) is 25.5 Å². The number of ether oxygens (including phenoxy) is 1. The Morgan fingerprint density at radius 3 is 2.50 bits per heavy atom. The minimum Gasteiger partial charge on any atom is -0.379 e. The molecule has 0 unspecified atom stereocenters. The van der Waals surface area contributed by atoms with Crippen LogP contribution in [0.1, 0.15) is 51.6 Å². The van der Waals surface area contributed by atoms with E-state index in [9.17, 15) is 0 Å². The molecule has 7 nitrogen and oxygen atoms in total. The molecule has 7 heteroatoms. The topological polar surface area (TPSA) is 74.9 Å². The molecular formula is C19H35N5O2. The Bertz CT molecular complexity index is 555. The molecule has 1 aliphatic heterocycles. The minimum atomic E-state index is 0.0420. The molecule has 148 valence electrons. The molecule has 2 heterocycles. The van der Waals surface area contributed by atoms with Crippen molar-refractivity contribution in [2.45, 2.75) is 59.5 Å². The van der Waals surface area contributed by atoms with Crippen LogP contribution in [-0.4, -0.2) is 60.9 Å². The lowest BCUT2D eigenvalue weighted by Gasteiger charge is -2.41. The van der Waals surface area contributed by atoms with Crippen LogP contribution in [0, 0.1) is 0 Å². The first-order chi connectivity index (χ1) is 12.5. The average molecular weight is 366 g/mol. The van der Waals surface area contributed by atoms with Gasteiger partial charge < -0.3 is 19.9 Å². The summed E-state index contributed by atoms with van der Waals surface area (Å²) in [6.45, 7) is 16.6. The van der Waals surface area contributed by atoms with Gasteiger partial charge in [0.15, 0.2) is 5.96 Å². The molecule has 0 bridgehead atoms. The number of morpholine rings is 1. The van der Waals surface area contributed by atoms with E-state index in [1.165, 1.54) is 0 Å². The van der Waals surface area contributed by atoms with Crippen molar-refractivity contribution in [3.63, 3.8) is 0 Å². The van der Waals surface area contributed by atoms with Gasteiger partial charge in [0.1, 0.15) is 5.76 Å². The van der Waals surface area contributed by atoms with Crippen molar-refractivity contribution in [1.82, 2.24) is 20.7 Å². The number of aromatic nitrogens is 1. The fraction of sp³-hybridized carbons (Fsp3) is 0.789. The molecule has 1 saturated heterocycles. The highest BCUT2D eigenvalue weighted by Gasteiger charge is 2.28. The summed E-state index contributed by atoms with van der Waals surface area (Å²) in [5.74, 6) is 1.77. The maximum Gasteiger partial charge on any atom is 0.191 e. The maximum atomic E-state index is 5.47. The number of rotatable bonds is 8. The molecule has 0 spiro atoms. The van der Waals surface area contributed by atoms with Crippen molar-refractivity contribution in [3.8, 4) is 0 Å². The van der Waals surface area contributed by atoms with Crippen LogP contribution in [0.2, 0.25) is 0 Å². The predicted molar refractivity (Wildman–Crippen MR) is 105 cm³/mol. The summed E-state index contributed by atoms with van der Waals surface area (Å²) in [5.41, 5.74) is 2.18. The molecule has 1 aromatic heterocycles. The summed E-state index contributed by atoms with van der Waals surface area (Å²) in [5, 5.41) is 11.0. The second-order valence-electron chi connectivity index (χ2n) is 7.20. The third kappa shape index (κ3) is 5.45. The summed E-state index contributed by atoms with van der Waals surface area (Å²) in [7, 11) is 0. The van der Waals surface area contributed by atoms with E-state index in [0.717, 1.165) is 75.2 Å². The monoisotopic (exact) mass is 365 g/mol. The third-order valence-corrected chi connectivity index (χ3v) is 4.90. The number of aryl methyl sites for hydroxylation is 2. The van der Waals surface area contributed by atoms with Gasteiger partial charge in [-0.2, -0.15) is 0 Å². The van der Waals surface area contributed by atoms with Crippen LogP contribution in [-0.2, 0) is 24.1 Å². The zero-order valence-electron chi connectivity index (χ0n) is 17.0. The SMILES string of the molecule is CCNC(=NCc1c(CC)noc1CC)NCC(C)(C)N1CCOCC1. The largest absolute Gasteiger partial charge is 0.379 e. The molecule has 1 fully saturated rings. The van der Waals surface area contributed by atoms with Crippen molar-refractivity contribution in [2.75, 3.05) is 39.4 Å². The molecule has 0 aliphatic carbocycles. The van der Waals surface area contributed by atoms with Crippen molar-refractivity contribution < 1.29 is 9.26 Å². The van der Waals surface area contributed by atoms with E-state index in [1.807, 2.05) is 0 Å². The summed E-state index contributed by atoms with van der Waals surface area (Å²) in [6, 6.07) is 0. The van der Waals surface area contributed by atoms with Crippen molar-refractivity contribution >= 4 is 5.96 Å². The van der Waals surface area contributed by atoms with E-state index < -0.39 is 0 Å². The first-order valence-corrected chi connectivity index (χ1v) is 9.83. The number of aliphatic imine (C=N–C) groups is 1. The van der Waals surface area contributed by atoms with Gasteiger partial charge >= 0.3 is 0 Å². The number of nitrogens with zero attached hydrogens (tertiary/aromatic N) is 3. The van der Waals surface area contributed by atoms with Crippen molar-refractivity contribution in [2.24, 2.45) is 4.99 Å². The Morgan fingerprint density at radius 2 is 1.88 bits per heavy atom. The number of hydrogen-bond acceptors (Lipinski definition) is 5. The van der Waals surface area contributed by atoms with Crippen LogP contribution in [0.5, 0.6) is 0 Å². The Kier molecular flexibility index (Phi) is 7.90. The molecule has 0 amide bonds. The Labute approximate surface area is 157 Å². The van der Waals surface area contributed by atoms with Gasteiger partial charge in [0, 0.05) is 43.7 Å². The zero-order valence-corrected chi connectivity index (χ0v) is 17.0. The van der Waals surface area contributed by atoms with Crippen molar-refractivity contribution in [1.29, 1.82) is 0 Å². The summed E-state index contributed by atoms with van der Waals surface area (Å²) in [6.07, 6.45) is 1.70. The third-order valence-electron chi connectivity index (χ3n) is 4.90. The second-order valence-corrected chi connectivity index (χ2v) is 7.20. The summed E-state index contributed by atoms with van der Waals surface area (Å²) >= 11 is 0. The lowest BCUT2D eigenvalue weighted by Crippen LogP contribution is -2.56. The first-order valence-electron chi connectivity index (χ1n) is 9.83. The summed E-state index contributed by atoms with van der Waals surface area (Å²) in [4.78, 5) is 7.24. The van der Waals surface area contributed by atoms with E-state index in [0.29, 0.717) is 6.54 Å². The van der Waals surface area contributed by atoms with Crippen LogP contribution in [0.25, 0.3) is 0 Å². The van der Waals surface area contributed by atoms with Crippen LogP contribution >= 0.6 is 0 Å². The highest BCUT2D eigenvalue weighted by atomic mass is 16.5. The van der Waals surface area contributed by atoms with Gasteiger partial charge in [-0.25, -0.2) is 4.99 Å². The van der Waals surface area contributed by atoms with E-state index in [-0.39, 0.29) is 5.54 Å². The fourth-order valence-electron chi connectivity index (χ4n) is 3.20. The molecule has 0 radical (unpaired) electrons. The highest BCUT2D eigenvalue weighted by molar-refractivity contribution is 5.79. The Morgan fingerprint density at radius 1 is 1.15 bits per heavy atom. The lowest BCUT2D eigenvalue weighted by molar-refractivity contribution is -0.00834. The van der Waals surface area contributed by atoms with Crippen LogP contribution in [0.3, 0.4) is 0 Å². The fourth-order valence-corrected chi connectivity index (χ4v) is 3.20. The normalized spacial score (nSPS) is 16.7. The van der Waals surface area contributed by atoms with Gasteiger partial charge in [-0.15, -0.1) is 0 Å². The molecule has 26 heavy (non-hydrogen) atoms. The van der Waals surface area contributed by atoms with Crippen molar-refractivity contribution in [3.05, 3.63) is 17.0 Å². The van der Waals surface area contributed by atoms with E-state index in [4.69, 9.17) is 14.3 Å². The highest BCUT2D eigenvalue weighted by Crippen LogP contribution is 2.17. The lowest BCUT2D eigenvalue weighted by atomic mass is 10.0. The summed E-state index contributed by atoms with van der Waals surface area (Å²) < 4.78 is 10.9. The first kappa shape index (κ1) is 20.7.